The molecule has 1 aliphatic carbocycles. The Kier molecular flexibility index (Phi) is 7.52. The van der Waals surface area contributed by atoms with Crippen molar-refractivity contribution in [3.8, 4) is 11.1 Å². The predicted molar refractivity (Wildman–Crippen MR) is 140 cm³/mol. The molecule has 1 atom stereocenters. The number of benzene rings is 3. The minimum atomic E-state index is -1.31. The fraction of sp³-hybridized carbons (Fsp3) is 0.160. The molecule has 0 saturated heterocycles. The summed E-state index contributed by atoms with van der Waals surface area (Å²) in [7, 11) is 0. The average Bonchev–Trinajstić information content (AvgIpc) is 3.12. The zero-order chi connectivity index (χ0) is 24.2. The summed E-state index contributed by atoms with van der Waals surface area (Å²) in [5, 5.41) is 14.3. The Balaban J connectivity index is 1.43. The first kappa shape index (κ1) is 24.2. The molecule has 0 aliphatic heterocycles. The van der Waals surface area contributed by atoms with E-state index >= 15 is 0 Å². The van der Waals surface area contributed by atoms with Crippen molar-refractivity contribution in [2.75, 3.05) is 11.9 Å². The minimum Gasteiger partial charge on any atom is -0.481 e. The minimum absolute atomic E-state index is 0.0595. The van der Waals surface area contributed by atoms with Crippen molar-refractivity contribution in [1.82, 2.24) is 5.32 Å². The van der Waals surface area contributed by atoms with Crippen LogP contribution in [0.25, 0.3) is 11.1 Å². The number of carboxylic acids is 1. The van der Waals surface area contributed by atoms with Crippen molar-refractivity contribution in [3.63, 3.8) is 0 Å². The van der Waals surface area contributed by atoms with E-state index in [2.05, 4.69) is 49.2 Å². The summed E-state index contributed by atoms with van der Waals surface area (Å²) < 4.78 is 7.06. The lowest BCUT2D eigenvalue weighted by Gasteiger charge is -2.19. The van der Waals surface area contributed by atoms with Crippen LogP contribution in [-0.4, -0.2) is 35.7 Å². The van der Waals surface area contributed by atoms with Gasteiger partial charge in [0.15, 0.2) is 0 Å². The molecule has 2 amide bonds. The second-order valence-electron chi connectivity index (χ2n) is 7.73. The largest absolute Gasteiger partial charge is 0.481 e. The van der Waals surface area contributed by atoms with E-state index in [1.54, 1.807) is 18.2 Å². The number of nitrogens with one attached hydrogen (secondary N) is 2. The Morgan fingerprint density at radius 2 is 1.62 bits per heavy atom. The monoisotopic (exact) mass is 634 g/mol. The van der Waals surface area contributed by atoms with Crippen LogP contribution >= 0.6 is 38.5 Å². The lowest BCUT2D eigenvalue weighted by molar-refractivity contribution is -0.139. The van der Waals surface area contributed by atoms with Gasteiger partial charge in [0.25, 0.3) is 0 Å². The third-order valence-electron chi connectivity index (χ3n) is 5.52. The van der Waals surface area contributed by atoms with E-state index in [1.807, 2.05) is 48.5 Å². The molecule has 9 heteroatoms. The Labute approximate surface area is 218 Å². The molecule has 0 heterocycles. The molecule has 0 saturated carbocycles. The summed E-state index contributed by atoms with van der Waals surface area (Å²) in [5.41, 5.74) is 4.77. The molecule has 0 radical (unpaired) electrons. The number of carbonyl (C=O) groups is 3. The number of carbonyl (C=O) groups excluding carboxylic acids is 2. The Morgan fingerprint density at radius 1 is 1.00 bits per heavy atom. The standard InChI is InChI=1S/C25H20BrIN2O5/c26-20-11-14(27)9-10-21(20)28-24(32)22(12-23(30)31)29-25(33)34-13-19-17-7-3-1-5-15(17)16-6-2-4-8-18(16)19/h1-11,19,22H,12-13H2,(H,28,32)(H,29,33)(H,30,31). The summed E-state index contributed by atoms with van der Waals surface area (Å²) in [6.45, 7) is 0.0595. The molecule has 4 rings (SSSR count). The van der Waals surface area contributed by atoms with Crippen LogP contribution in [0.2, 0.25) is 0 Å². The molecule has 1 aliphatic rings. The van der Waals surface area contributed by atoms with Crippen LogP contribution in [0.1, 0.15) is 23.5 Å². The molecule has 34 heavy (non-hydrogen) atoms. The van der Waals surface area contributed by atoms with Gasteiger partial charge in [0.1, 0.15) is 12.6 Å². The molecule has 0 spiro atoms. The number of fused-ring (bicyclic) bond motifs is 3. The molecule has 7 nitrogen and oxygen atoms in total. The summed E-state index contributed by atoms with van der Waals surface area (Å²) in [5.74, 6) is -2.02. The predicted octanol–water partition coefficient (Wildman–Crippen LogP) is 5.37. The van der Waals surface area contributed by atoms with Gasteiger partial charge in [-0.3, -0.25) is 9.59 Å². The topological polar surface area (TPSA) is 105 Å². The van der Waals surface area contributed by atoms with E-state index in [0.717, 1.165) is 25.8 Å². The molecular weight excluding hydrogens is 615 g/mol. The first-order valence-corrected chi connectivity index (χ1v) is 12.3. The highest BCUT2D eigenvalue weighted by Gasteiger charge is 2.30. The Hall–Kier alpha value is -2.92. The van der Waals surface area contributed by atoms with E-state index in [9.17, 15) is 19.5 Å². The molecule has 3 aromatic carbocycles. The van der Waals surface area contributed by atoms with Gasteiger partial charge in [-0.25, -0.2) is 4.79 Å². The van der Waals surface area contributed by atoms with Crippen molar-refractivity contribution < 1.29 is 24.2 Å². The fourth-order valence-electron chi connectivity index (χ4n) is 3.98. The maximum Gasteiger partial charge on any atom is 0.407 e. The smallest absolute Gasteiger partial charge is 0.407 e. The highest BCUT2D eigenvalue weighted by Crippen LogP contribution is 2.44. The van der Waals surface area contributed by atoms with Crippen LogP contribution < -0.4 is 10.6 Å². The molecular formula is C25H20BrIN2O5. The Morgan fingerprint density at radius 3 is 2.21 bits per heavy atom. The normalized spacial score (nSPS) is 12.9. The lowest BCUT2D eigenvalue weighted by Crippen LogP contribution is -2.45. The SMILES string of the molecule is O=C(O)CC(NC(=O)OCC1c2ccccc2-c2ccccc21)C(=O)Nc1ccc(I)cc1Br. The lowest BCUT2D eigenvalue weighted by atomic mass is 9.98. The van der Waals surface area contributed by atoms with E-state index in [-0.39, 0.29) is 12.5 Å². The second-order valence-corrected chi connectivity index (χ2v) is 9.83. The van der Waals surface area contributed by atoms with Crippen LogP contribution in [0, 0.1) is 3.57 Å². The molecule has 1 unspecified atom stereocenters. The van der Waals surface area contributed by atoms with Gasteiger partial charge >= 0.3 is 12.1 Å². The second kappa shape index (κ2) is 10.6. The number of hydrogen-bond donors (Lipinski definition) is 3. The summed E-state index contributed by atoms with van der Waals surface area (Å²) >= 11 is 5.50. The van der Waals surface area contributed by atoms with Gasteiger partial charge in [0.05, 0.1) is 12.1 Å². The maximum absolute atomic E-state index is 12.7. The van der Waals surface area contributed by atoms with Crippen LogP contribution in [0.4, 0.5) is 10.5 Å². The van der Waals surface area contributed by atoms with Gasteiger partial charge in [-0.2, -0.15) is 0 Å². The van der Waals surface area contributed by atoms with Crippen LogP contribution in [-0.2, 0) is 14.3 Å². The number of carboxylic acid groups (broad SMARTS) is 1. The number of amides is 2. The third-order valence-corrected chi connectivity index (χ3v) is 6.85. The zero-order valence-corrected chi connectivity index (χ0v) is 21.5. The summed E-state index contributed by atoms with van der Waals surface area (Å²) in [6.07, 6.45) is -1.44. The van der Waals surface area contributed by atoms with Gasteiger partial charge < -0.3 is 20.5 Å². The van der Waals surface area contributed by atoms with Crippen molar-refractivity contribution in [1.29, 1.82) is 0 Å². The van der Waals surface area contributed by atoms with E-state index in [4.69, 9.17) is 4.74 Å². The van der Waals surface area contributed by atoms with Crippen molar-refractivity contribution in [2.24, 2.45) is 0 Å². The number of aliphatic carboxylic acids is 1. The van der Waals surface area contributed by atoms with Gasteiger partial charge in [0, 0.05) is 14.0 Å². The highest BCUT2D eigenvalue weighted by atomic mass is 127. The molecule has 0 bridgehead atoms. The number of rotatable bonds is 7. The number of halogens is 2. The number of anilines is 1. The molecule has 3 aromatic rings. The molecule has 0 aromatic heterocycles. The number of ether oxygens (including phenoxy) is 1. The van der Waals surface area contributed by atoms with Crippen molar-refractivity contribution in [2.45, 2.75) is 18.4 Å². The van der Waals surface area contributed by atoms with Gasteiger partial charge in [-0.15, -0.1) is 0 Å². The quantitative estimate of drug-likeness (QED) is 0.303. The van der Waals surface area contributed by atoms with E-state index < -0.39 is 30.4 Å². The first-order valence-electron chi connectivity index (χ1n) is 10.4. The third kappa shape index (κ3) is 5.41. The van der Waals surface area contributed by atoms with E-state index in [0.29, 0.717) is 10.2 Å². The molecule has 0 fully saturated rings. The zero-order valence-electron chi connectivity index (χ0n) is 17.8. The first-order chi connectivity index (χ1) is 16.3. The Bertz CT molecular complexity index is 1220. The van der Waals surface area contributed by atoms with Gasteiger partial charge in [-0.05, 0) is 79.0 Å². The number of alkyl carbamates (subject to hydrolysis) is 1. The summed E-state index contributed by atoms with van der Waals surface area (Å²) in [6, 6.07) is 19.9. The van der Waals surface area contributed by atoms with Crippen molar-refractivity contribution >= 4 is 62.2 Å². The van der Waals surface area contributed by atoms with Crippen LogP contribution in [0.3, 0.4) is 0 Å². The number of hydrogen-bond acceptors (Lipinski definition) is 4. The van der Waals surface area contributed by atoms with Gasteiger partial charge in [0.2, 0.25) is 5.91 Å². The highest BCUT2D eigenvalue weighted by molar-refractivity contribution is 14.1. The average molecular weight is 635 g/mol. The maximum atomic E-state index is 12.7. The molecule has 3 N–H and O–H groups in total. The fourth-order valence-corrected chi connectivity index (χ4v) is 5.37. The van der Waals surface area contributed by atoms with Gasteiger partial charge in [-0.1, -0.05) is 48.5 Å². The van der Waals surface area contributed by atoms with E-state index in [1.165, 1.54) is 0 Å². The van der Waals surface area contributed by atoms with Crippen LogP contribution in [0.15, 0.2) is 71.2 Å². The van der Waals surface area contributed by atoms with Crippen molar-refractivity contribution in [3.05, 3.63) is 85.9 Å². The molecule has 174 valence electrons. The summed E-state index contributed by atoms with van der Waals surface area (Å²) in [4.78, 5) is 36.6. The van der Waals surface area contributed by atoms with Crippen LogP contribution in [0.5, 0.6) is 0 Å².